The van der Waals surface area contributed by atoms with Crippen molar-refractivity contribution in [1.82, 2.24) is 0 Å². The zero-order valence-corrected chi connectivity index (χ0v) is 16.0. The molecule has 140 valence electrons. The summed E-state index contributed by atoms with van der Waals surface area (Å²) in [5.74, 6) is 0.845. The molecular weight excluding hydrogens is 362 g/mol. The van der Waals surface area contributed by atoms with Crippen LogP contribution < -0.4 is 13.8 Å². The molecule has 0 spiro atoms. The van der Waals surface area contributed by atoms with Crippen LogP contribution in [0.4, 0.5) is 5.69 Å². The Kier molecular flexibility index (Phi) is 5.66. The Hall–Kier alpha value is -2.99. The fourth-order valence-corrected chi connectivity index (χ4v) is 4.23. The summed E-state index contributed by atoms with van der Waals surface area (Å²) in [7, 11) is -0.821. The molecule has 0 amide bonds. The summed E-state index contributed by atoms with van der Waals surface area (Å²) in [5.41, 5.74) is 1.49. The SMILES string of the molecule is COc1ccc(S(=O)(=O)N(Cc2ccccc2)c2ccccc2)cc1OC. The minimum atomic E-state index is -3.81. The number of rotatable bonds is 7. The number of para-hydroxylation sites is 1. The van der Waals surface area contributed by atoms with E-state index >= 15 is 0 Å². The number of hydrogen-bond acceptors (Lipinski definition) is 4. The van der Waals surface area contributed by atoms with Crippen LogP contribution in [0, 0.1) is 0 Å². The van der Waals surface area contributed by atoms with Gasteiger partial charge in [0.25, 0.3) is 10.0 Å². The molecule has 3 aromatic rings. The first-order valence-electron chi connectivity index (χ1n) is 8.40. The Bertz CT molecular complexity index is 989. The lowest BCUT2D eigenvalue weighted by atomic mass is 10.2. The monoisotopic (exact) mass is 383 g/mol. The van der Waals surface area contributed by atoms with E-state index in [0.717, 1.165) is 5.56 Å². The van der Waals surface area contributed by atoms with Crippen LogP contribution in [-0.2, 0) is 16.6 Å². The standard InChI is InChI=1S/C21H21NO4S/c1-25-20-14-13-19(15-21(20)26-2)27(23,24)22(18-11-7-4-8-12-18)16-17-9-5-3-6-10-17/h3-15H,16H2,1-2H3. The lowest BCUT2D eigenvalue weighted by Crippen LogP contribution is -2.30. The molecule has 5 nitrogen and oxygen atoms in total. The van der Waals surface area contributed by atoms with Gasteiger partial charge in [-0.05, 0) is 29.8 Å². The fraction of sp³-hybridized carbons (Fsp3) is 0.143. The van der Waals surface area contributed by atoms with Crippen LogP contribution >= 0.6 is 0 Å². The Labute approximate surface area is 159 Å². The number of hydrogen-bond donors (Lipinski definition) is 0. The maximum atomic E-state index is 13.4. The van der Waals surface area contributed by atoms with Gasteiger partial charge in [-0.2, -0.15) is 0 Å². The largest absolute Gasteiger partial charge is 0.493 e. The van der Waals surface area contributed by atoms with Crippen LogP contribution in [0.25, 0.3) is 0 Å². The molecule has 0 heterocycles. The lowest BCUT2D eigenvalue weighted by Gasteiger charge is -2.25. The second-order valence-corrected chi connectivity index (χ2v) is 7.71. The summed E-state index contributed by atoms with van der Waals surface area (Å²) in [6.45, 7) is 0.224. The molecule has 27 heavy (non-hydrogen) atoms. The van der Waals surface area contributed by atoms with Gasteiger partial charge in [0, 0.05) is 6.07 Å². The summed E-state index contributed by atoms with van der Waals surface area (Å²) in [5, 5.41) is 0. The highest BCUT2D eigenvalue weighted by Gasteiger charge is 2.26. The number of anilines is 1. The molecular formula is C21H21NO4S. The third-order valence-corrected chi connectivity index (χ3v) is 5.93. The van der Waals surface area contributed by atoms with E-state index in [0.29, 0.717) is 17.2 Å². The predicted molar refractivity (Wildman–Crippen MR) is 106 cm³/mol. The van der Waals surface area contributed by atoms with Crippen LogP contribution in [0.1, 0.15) is 5.56 Å². The summed E-state index contributed by atoms with van der Waals surface area (Å²) < 4.78 is 38.7. The van der Waals surface area contributed by atoms with Crippen LogP contribution in [0.2, 0.25) is 0 Å². The molecule has 0 aromatic heterocycles. The van der Waals surface area contributed by atoms with E-state index in [2.05, 4.69) is 0 Å². The van der Waals surface area contributed by atoms with E-state index in [1.54, 1.807) is 18.2 Å². The molecule has 0 aliphatic heterocycles. The van der Waals surface area contributed by atoms with E-state index in [4.69, 9.17) is 9.47 Å². The number of ether oxygens (including phenoxy) is 2. The van der Waals surface area contributed by atoms with Gasteiger partial charge in [-0.3, -0.25) is 4.31 Å². The van der Waals surface area contributed by atoms with E-state index in [1.807, 2.05) is 48.5 Å². The normalized spacial score (nSPS) is 11.0. The fourth-order valence-electron chi connectivity index (χ4n) is 2.76. The topological polar surface area (TPSA) is 55.8 Å². The zero-order valence-electron chi connectivity index (χ0n) is 15.2. The molecule has 3 rings (SSSR count). The first kappa shape index (κ1) is 18.8. The minimum Gasteiger partial charge on any atom is -0.493 e. The van der Waals surface area contributed by atoms with Crippen molar-refractivity contribution in [3.05, 3.63) is 84.4 Å². The first-order valence-corrected chi connectivity index (χ1v) is 9.84. The van der Waals surface area contributed by atoms with Crippen LogP contribution in [0.5, 0.6) is 11.5 Å². The number of nitrogens with zero attached hydrogens (tertiary/aromatic N) is 1. The molecule has 3 aromatic carbocycles. The Balaban J connectivity index is 2.07. The minimum absolute atomic E-state index is 0.139. The first-order chi connectivity index (χ1) is 13.1. The smallest absolute Gasteiger partial charge is 0.264 e. The number of methoxy groups -OCH3 is 2. The summed E-state index contributed by atoms with van der Waals surface area (Å²) in [6.07, 6.45) is 0. The van der Waals surface area contributed by atoms with Gasteiger partial charge in [-0.15, -0.1) is 0 Å². The van der Waals surface area contributed by atoms with Crippen molar-refractivity contribution in [3.8, 4) is 11.5 Å². The molecule has 0 saturated carbocycles. The van der Waals surface area contributed by atoms with Gasteiger partial charge in [-0.25, -0.2) is 8.42 Å². The molecule has 0 N–H and O–H groups in total. The molecule has 0 atom stereocenters. The third kappa shape index (κ3) is 4.06. The Morgan fingerprint density at radius 1 is 0.778 bits per heavy atom. The zero-order chi connectivity index (χ0) is 19.3. The van der Waals surface area contributed by atoms with E-state index in [9.17, 15) is 8.42 Å². The van der Waals surface area contributed by atoms with E-state index in [-0.39, 0.29) is 11.4 Å². The van der Waals surface area contributed by atoms with Crippen molar-refractivity contribution >= 4 is 15.7 Å². The molecule has 0 saturated heterocycles. The third-order valence-electron chi connectivity index (χ3n) is 4.16. The summed E-state index contributed by atoms with van der Waals surface area (Å²) in [4.78, 5) is 0.139. The lowest BCUT2D eigenvalue weighted by molar-refractivity contribution is 0.354. The van der Waals surface area contributed by atoms with Crippen molar-refractivity contribution in [2.45, 2.75) is 11.4 Å². The second kappa shape index (κ2) is 8.14. The molecule has 0 radical (unpaired) electrons. The van der Waals surface area contributed by atoms with Gasteiger partial charge in [-0.1, -0.05) is 48.5 Å². The van der Waals surface area contributed by atoms with Gasteiger partial charge >= 0.3 is 0 Å². The van der Waals surface area contributed by atoms with Crippen LogP contribution in [0.3, 0.4) is 0 Å². The maximum Gasteiger partial charge on any atom is 0.264 e. The summed E-state index contributed by atoms with van der Waals surface area (Å²) >= 11 is 0. The second-order valence-electron chi connectivity index (χ2n) is 5.85. The Morgan fingerprint density at radius 3 is 1.96 bits per heavy atom. The highest BCUT2D eigenvalue weighted by Crippen LogP contribution is 2.32. The van der Waals surface area contributed by atoms with Gasteiger partial charge < -0.3 is 9.47 Å². The van der Waals surface area contributed by atoms with Crippen molar-refractivity contribution in [1.29, 1.82) is 0 Å². The van der Waals surface area contributed by atoms with Gasteiger partial charge in [0.15, 0.2) is 11.5 Å². The molecule has 0 fully saturated rings. The molecule has 0 aliphatic rings. The summed E-state index contributed by atoms with van der Waals surface area (Å²) in [6, 6.07) is 23.1. The molecule has 0 unspecified atom stereocenters. The van der Waals surface area contributed by atoms with Crippen LogP contribution in [-0.4, -0.2) is 22.6 Å². The van der Waals surface area contributed by atoms with Crippen molar-refractivity contribution in [2.75, 3.05) is 18.5 Å². The van der Waals surface area contributed by atoms with Gasteiger partial charge in [0.1, 0.15) is 0 Å². The van der Waals surface area contributed by atoms with Crippen LogP contribution in [0.15, 0.2) is 83.8 Å². The maximum absolute atomic E-state index is 13.4. The Morgan fingerprint density at radius 2 is 1.37 bits per heavy atom. The van der Waals surface area contributed by atoms with Crippen molar-refractivity contribution < 1.29 is 17.9 Å². The van der Waals surface area contributed by atoms with Gasteiger partial charge in [0.2, 0.25) is 0 Å². The average molecular weight is 383 g/mol. The number of sulfonamides is 1. The van der Waals surface area contributed by atoms with E-state index in [1.165, 1.54) is 30.7 Å². The molecule has 0 bridgehead atoms. The predicted octanol–water partition coefficient (Wildman–Crippen LogP) is 4.10. The quantitative estimate of drug-likeness (QED) is 0.616. The average Bonchev–Trinajstić information content (AvgIpc) is 2.72. The molecule has 0 aliphatic carbocycles. The highest BCUT2D eigenvalue weighted by molar-refractivity contribution is 7.92. The number of benzene rings is 3. The van der Waals surface area contributed by atoms with E-state index < -0.39 is 10.0 Å². The van der Waals surface area contributed by atoms with Crippen molar-refractivity contribution in [3.63, 3.8) is 0 Å². The highest BCUT2D eigenvalue weighted by atomic mass is 32.2. The van der Waals surface area contributed by atoms with Crippen molar-refractivity contribution in [2.24, 2.45) is 0 Å². The van der Waals surface area contributed by atoms with Gasteiger partial charge in [0.05, 0.1) is 31.3 Å². The molecule has 6 heteroatoms.